The molecule has 1 saturated carbocycles. The van der Waals surface area contributed by atoms with E-state index in [0.29, 0.717) is 11.8 Å². The van der Waals surface area contributed by atoms with Crippen molar-refractivity contribution in [3.63, 3.8) is 0 Å². The second kappa shape index (κ2) is 6.57. The summed E-state index contributed by atoms with van der Waals surface area (Å²) in [5.74, 6) is 2.51. The molecule has 1 aromatic heterocycles. The molecule has 20 heavy (non-hydrogen) atoms. The molecule has 1 aliphatic heterocycles. The van der Waals surface area contributed by atoms with Crippen LogP contribution < -0.4 is 10.6 Å². The van der Waals surface area contributed by atoms with Crippen molar-refractivity contribution < 1.29 is 4.52 Å². The summed E-state index contributed by atoms with van der Waals surface area (Å²) in [6.45, 7) is 2.85. The van der Waals surface area contributed by atoms with Gasteiger partial charge in [-0.25, -0.2) is 0 Å². The van der Waals surface area contributed by atoms with Crippen molar-refractivity contribution in [2.45, 2.75) is 57.3 Å². The van der Waals surface area contributed by atoms with Crippen LogP contribution >= 0.6 is 0 Å². The van der Waals surface area contributed by atoms with Crippen molar-refractivity contribution in [2.75, 3.05) is 24.5 Å². The first kappa shape index (κ1) is 13.9. The number of nitrogens with two attached hydrogens (primary N) is 1. The van der Waals surface area contributed by atoms with E-state index in [1.807, 2.05) is 0 Å². The molecule has 2 atom stereocenters. The van der Waals surface area contributed by atoms with Crippen LogP contribution in [0.25, 0.3) is 0 Å². The van der Waals surface area contributed by atoms with Gasteiger partial charge in [-0.3, -0.25) is 0 Å². The van der Waals surface area contributed by atoms with Crippen LogP contribution in [0.5, 0.6) is 0 Å². The Morgan fingerprint density at radius 1 is 1.05 bits per heavy atom. The molecule has 5 heteroatoms. The zero-order valence-corrected chi connectivity index (χ0v) is 12.3. The lowest BCUT2D eigenvalue weighted by atomic mass is 9.79. The van der Waals surface area contributed by atoms with E-state index in [1.165, 1.54) is 44.9 Å². The highest BCUT2D eigenvalue weighted by atomic mass is 16.5. The van der Waals surface area contributed by atoms with Crippen molar-refractivity contribution >= 4 is 5.95 Å². The van der Waals surface area contributed by atoms with Crippen molar-refractivity contribution in [3.05, 3.63) is 5.89 Å². The lowest BCUT2D eigenvalue weighted by molar-refractivity contribution is 0.249. The molecule has 0 radical (unpaired) electrons. The van der Waals surface area contributed by atoms with E-state index in [9.17, 15) is 0 Å². The van der Waals surface area contributed by atoms with Gasteiger partial charge in [0.1, 0.15) is 0 Å². The number of anilines is 1. The van der Waals surface area contributed by atoms with Crippen molar-refractivity contribution in [1.29, 1.82) is 0 Å². The molecule has 1 aromatic rings. The lowest BCUT2D eigenvalue weighted by Crippen LogP contribution is -2.26. The van der Waals surface area contributed by atoms with E-state index >= 15 is 0 Å². The van der Waals surface area contributed by atoms with E-state index in [4.69, 9.17) is 15.2 Å². The molecule has 1 aliphatic carbocycles. The van der Waals surface area contributed by atoms with Crippen LogP contribution in [0.4, 0.5) is 5.95 Å². The first-order chi connectivity index (χ1) is 9.88. The lowest BCUT2D eigenvalue weighted by Gasteiger charge is -2.27. The molecule has 2 N–H and O–H groups in total. The summed E-state index contributed by atoms with van der Waals surface area (Å²) in [6.07, 6.45) is 9.98. The average molecular weight is 278 g/mol. The molecule has 0 aromatic carbocycles. The summed E-state index contributed by atoms with van der Waals surface area (Å²) in [4.78, 5) is 6.97. The smallest absolute Gasteiger partial charge is 0.266 e. The van der Waals surface area contributed by atoms with Crippen molar-refractivity contribution in [1.82, 2.24) is 10.1 Å². The Hall–Kier alpha value is -1.10. The largest absolute Gasteiger partial charge is 0.338 e. The van der Waals surface area contributed by atoms with Crippen LogP contribution in [-0.2, 0) is 0 Å². The topological polar surface area (TPSA) is 68.2 Å². The third kappa shape index (κ3) is 2.97. The zero-order chi connectivity index (χ0) is 13.8. The quantitative estimate of drug-likeness (QED) is 0.920. The summed E-state index contributed by atoms with van der Waals surface area (Å²) >= 11 is 0. The first-order valence-corrected chi connectivity index (χ1v) is 8.17. The highest BCUT2D eigenvalue weighted by molar-refractivity contribution is 5.28. The fourth-order valence-electron chi connectivity index (χ4n) is 3.59. The molecule has 2 fully saturated rings. The highest BCUT2D eigenvalue weighted by Gasteiger charge is 2.30. The average Bonchev–Trinajstić information content (AvgIpc) is 2.82. The summed E-state index contributed by atoms with van der Waals surface area (Å²) in [6, 6.07) is 0. The predicted octanol–water partition coefficient (Wildman–Crippen LogP) is 2.68. The maximum atomic E-state index is 5.90. The van der Waals surface area contributed by atoms with Crippen molar-refractivity contribution in [2.24, 2.45) is 11.7 Å². The monoisotopic (exact) mass is 278 g/mol. The van der Waals surface area contributed by atoms with Gasteiger partial charge in [-0.2, -0.15) is 4.98 Å². The number of nitrogens with zero attached hydrogens (tertiary/aromatic N) is 3. The Bertz CT molecular complexity index is 412. The fourth-order valence-corrected chi connectivity index (χ4v) is 3.59. The molecule has 0 spiro atoms. The van der Waals surface area contributed by atoms with E-state index < -0.39 is 0 Å². The molecule has 0 amide bonds. The summed E-state index contributed by atoms with van der Waals surface area (Å²) in [7, 11) is 0. The number of hydrogen-bond donors (Lipinski definition) is 1. The number of hydrogen-bond acceptors (Lipinski definition) is 5. The van der Waals surface area contributed by atoms with Gasteiger partial charge in [0.2, 0.25) is 5.89 Å². The van der Waals surface area contributed by atoms with E-state index in [2.05, 4.69) is 10.1 Å². The van der Waals surface area contributed by atoms with Crippen LogP contribution in [-0.4, -0.2) is 29.8 Å². The minimum atomic E-state index is 0.377. The molecule has 112 valence electrons. The Morgan fingerprint density at radius 2 is 1.80 bits per heavy atom. The zero-order valence-electron chi connectivity index (χ0n) is 12.3. The second-order valence-electron chi connectivity index (χ2n) is 6.22. The normalized spacial score (nSPS) is 28.4. The summed E-state index contributed by atoms with van der Waals surface area (Å²) in [5.41, 5.74) is 5.90. The first-order valence-electron chi connectivity index (χ1n) is 8.17. The third-order valence-corrected chi connectivity index (χ3v) is 4.85. The van der Waals surface area contributed by atoms with Gasteiger partial charge in [0.15, 0.2) is 0 Å². The Balaban J connectivity index is 1.71. The molecule has 0 bridgehead atoms. The van der Waals surface area contributed by atoms with Gasteiger partial charge in [-0.1, -0.05) is 25.7 Å². The van der Waals surface area contributed by atoms with Crippen molar-refractivity contribution in [3.8, 4) is 0 Å². The van der Waals surface area contributed by atoms with E-state index in [1.54, 1.807) is 0 Å². The van der Waals surface area contributed by atoms with Gasteiger partial charge >= 0.3 is 0 Å². The van der Waals surface area contributed by atoms with Crippen LogP contribution in [0, 0.1) is 5.92 Å². The Morgan fingerprint density at radius 3 is 2.55 bits per heavy atom. The van der Waals surface area contributed by atoms with Gasteiger partial charge in [0, 0.05) is 19.0 Å². The van der Waals surface area contributed by atoms with Gasteiger partial charge in [0.05, 0.1) is 0 Å². The maximum absolute atomic E-state index is 5.90. The molecule has 3 rings (SSSR count). The maximum Gasteiger partial charge on any atom is 0.266 e. The van der Waals surface area contributed by atoms with Gasteiger partial charge in [-0.05, 0) is 43.3 Å². The summed E-state index contributed by atoms with van der Waals surface area (Å²) < 4.78 is 5.57. The molecule has 5 nitrogen and oxygen atoms in total. The Kier molecular flexibility index (Phi) is 4.55. The van der Waals surface area contributed by atoms with Crippen LogP contribution in [0.15, 0.2) is 4.52 Å². The Labute approximate surface area is 120 Å². The van der Waals surface area contributed by atoms with Gasteiger partial charge in [0.25, 0.3) is 5.95 Å². The van der Waals surface area contributed by atoms with Crippen LogP contribution in [0.1, 0.15) is 63.2 Å². The molecular weight excluding hydrogens is 252 g/mol. The third-order valence-electron chi connectivity index (χ3n) is 4.85. The molecular formula is C15H26N4O. The van der Waals surface area contributed by atoms with Crippen LogP contribution in [0.3, 0.4) is 0 Å². The minimum absolute atomic E-state index is 0.377. The van der Waals surface area contributed by atoms with E-state index in [0.717, 1.165) is 37.9 Å². The number of rotatable bonds is 3. The fraction of sp³-hybridized carbons (Fsp3) is 0.867. The second-order valence-corrected chi connectivity index (χ2v) is 6.22. The van der Waals surface area contributed by atoms with Gasteiger partial charge in [-0.15, -0.1) is 0 Å². The molecule has 1 saturated heterocycles. The molecule has 2 aliphatic rings. The van der Waals surface area contributed by atoms with E-state index in [-0.39, 0.29) is 0 Å². The predicted molar refractivity (Wildman–Crippen MR) is 78.7 cm³/mol. The SMILES string of the molecule is NCC1CCCCC1c1nc(N2CCCCCC2)no1. The van der Waals surface area contributed by atoms with Crippen LogP contribution in [0.2, 0.25) is 0 Å². The molecule has 2 unspecified atom stereocenters. The summed E-state index contributed by atoms with van der Waals surface area (Å²) in [5, 5.41) is 4.22. The number of aromatic nitrogens is 2. The van der Waals surface area contributed by atoms with Gasteiger partial charge < -0.3 is 15.2 Å². The minimum Gasteiger partial charge on any atom is -0.338 e. The highest BCUT2D eigenvalue weighted by Crippen LogP contribution is 2.37. The standard InChI is InChI=1S/C15H26N4O/c16-11-12-7-3-4-8-13(12)14-17-15(18-20-14)19-9-5-1-2-6-10-19/h12-13H,1-11,16H2. The molecule has 2 heterocycles.